The number of nitrogens with one attached hydrogen (secondary N) is 1. The fourth-order valence-electron chi connectivity index (χ4n) is 5.07. The van der Waals surface area contributed by atoms with Gasteiger partial charge in [0.05, 0.1) is 12.3 Å². The van der Waals surface area contributed by atoms with Crippen molar-refractivity contribution < 1.29 is 19.1 Å². The molecule has 3 aromatic rings. The molecule has 3 aliphatic rings. The first-order chi connectivity index (χ1) is 18.2. The van der Waals surface area contributed by atoms with Gasteiger partial charge in [-0.1, -0.05) is 54.6 Å². The third-order valence-electron chi connectivity index (χ3n) is 7.10. The van der Waals surface area contributed by atoms with E-state index in [0.717, 1.165) is 73.3 Å². The van der Waals surface area contributed by atoms with Crippen LogP contribution in [-0.4, -0.2) is 49.6 Å². The molecular weight excluding hydrogens is 464 g/mol. The molecule has 2 bridgehead atoms. The van der Waals surface area contributed by atoms with Crippen LogP contribution in [0.5, 0.6) is 5.75 Å². The third kappa shape index (κ3) is 6.46. The predicted molar refractivity (Wildman–Crippen MR) is 146 cm³/mol. The van der Waals surface area contributed by atoms with Crippen molar-refractivity contribution in [1.29, 1.82) is 0 Å². The number of aldehydes is 1. The summed E-state index contributed by atoms with van der Waals surface area (Å²) in [7, 11) is 0. The van der Waals surface area contributed by atoms with Gasteiger partial charge < -0.3 is 9.47 Å². The summed E-state index contributed by atoms with van der Waals surface area (Å²) in [4.78, 5) is 26.1. The first-order valence-electron chi connectivity index (χ1n) is 12.9. The molecule has 0 saturated carbocycles. The monoisotopic (exact) mass is 496 g/mol. The van der Waals surface area contributed by atoms with Crippen molar-refractivity contribution in [3.8, 4) is 16.9 Å². The van der Waals surface area contributed by atoms with E-state index in [1.54, 1.807) is 24.3 Å². The van der Waals surface area contributed by atoms with E-state index in [1.807, 2.05) is 60.7 Å². The van der Waals surface area contributed by atoms with Crippen LogP contribution in [-0.2, 0) is 4.74 Å². The van der Waals surface area contributed by atoms with E-state index in [2.05, 4.69) is 10.2 Å². The Kier molecular flexibility index (Phi) is 7.96. The number of benzene rings is 3. The Balaban J connectivity index is 1.23. The van der Waals surface area contributed by atoms with Gasteiger partial charge in [0.25, 0.3) is 0 Å². The highest BCUT2D eigenvalue weighted by Crippen LogP contribution is 2.32. The normalized spacial score (nSPS) is 20.5. The average Bonchev–Trinajstić information content (AvgIpc) is 2.94. The van der Waals surface area contributed by atoms with Gasteiger partial charge in [-0.25, -0.2) is 4.79 Å². The van der Waals surface area contributed by atoms with Gasteiger partial charge in [0.1, 0.15) is 18.1 Å². The minimum Gasteiger partial charge on any atom is -0.493 e. The van der Waals surface area contributed by atoms with Gasteiger partial charge in [-0.15, -0.1) is 0 Å². The van der Waals surface area contributed by atoms with E-state index in [9.17, 15) is 9.59 Å². The zero-order valence-electron chi connectivity index (χ0n) is 20.8. The Morgan fingerprint density at radius 1 is 0.973 bits per heavy atom. The smallest absolute Gasteiger partial charge is 0.411 e. The number of piperidine rings is 3. The molecule has 0 aliphatic carbocycles. The molecule has 0 radical (unpaired) electrons. The molecule has 0 aromatic heterocycles. The second-order valence-electron chi connectivity index (χ2n) is 9.60. The van der Waals surface area contributed by atoms with E-state index in [-0.39, 0.29) is 6.10 Å². The molecule has 37 heavy (non-hydrogen) atoms. The standard InChI is InChI=1S/C31H32N2O4/c34-22-24-9-12-27(13-10-24)36-19-5-4-6-23-11-14-28(25-7-2-1-3-8-25)29(20-23)32-31(35)37-30-21-33-17-15-26(30)16-18-33/h1-4,6-14,20,22,26,30H,5,15-19,21H2,(H,32,35)/b6-4+/t30-/m0/s1. The summed E-state index contributed by atoms with van der Waals surface area (Å²) in [6.45, 7) is 3.57. The Morgan fingerprint density at radius 2 is 1.73 bits per heavy atom. The molecule has 3 heterocycles. The number of fused-ring (bicyclic) bond motifs is 3. The van der Waals surface area contributed by atoms with Crippen molar-refractivity contribution in [3.05, 3.63) is 90.0 Å². The third-order valence-corrected chi connectivity index (χ3v) is 7.10. The van der Waals surface area contributed by atoms with Crippen LogP contribution in [0.1, 0.15) is 35.2 Å². The van der Waals surface area contributed by atoms with Crippen molar-refractivity contribution in [3.63, 3.8) is 0 Å². The van der Waals surface area contributed by atoms with Crippen LogP contribution in [0, 0.1) is 5.92 Å². The quantitative estimate of drug-likeness (QED) is 0.278. The number of anilines is 1. The first-order valence-corrected chi connectivity index (χ1v) is 12.9. The molecule has 3 saturated heterocycles. The van der Waals surface area contributed by atoms with E-state index >= 15 is 0 Å². The summed E-state index contributed by atoms with van der Waals surface area (Å²) < 4.78 is 11.6. The summed E-state index contributed by atoms with van der Waals surface area (Å²) >= 11 is 0. The molecule has 6 rings (SSSR count). The molecule has 6 nitrogen and oxygen atoms in total. The Morgan fingerprint density at radius 3 is 2.43 bits per heavy atom. The minimum absolute atomic E-state index is 0.0413. The summed E-state index contributed by atoms with van der Waals surface area (Å²) in [6, 6.07) is 23.2. The minimum atomic E-state index is -0.397. The van der Waals surface area contributed by atoms with Crippen molar-refractivity contribution in [1.82, 2.24) is 4.90 Å². The summed E-state index contributed by atoms with van der Waals surface area (Å²) in [5.41, 5.74) is 4.32. The maximum Gasteiger partial charge on any atom is 0.411 e. The second-order valence-corrected chi connectivity index (χ2v) is 9.60. The van der Waals surface area contributed by atoms with Crippen LogP contribution in [0.15, 0.2) is 78.9 Å². The molecule has 1 N–H and O–H groups in total. The Labute approximate surface area is 217 Å². The van der Waals surface area contributed by atoms with E-state index < -0.39 is 6.09 Å². The first kappa shape index (κ1) is 24.8. The Hall–Kier alpha value is -3.90. The number of hydrogen-bond acceptors (Lipinski definition) is 5. The van der Waals surface area contributed by atoms with Gasteiger partial charge >= 0.3 is 6.09 Å². The summed E-state index contributed by atoms with van der Waals surface area (Å²) in [5, 5.41) is 3.03. The number of hydrogen-bond donors (Lipinski definition) is 1. The molecule has 0 spiro atoms. The fraction of sp³-hybridized carbons (Fsp3) is 0.290. The maximum atomic E-state index is 12.9. The highest BCUT2D eigenvalue weighted by molar-refractivity contribution is 5.92. The molecule has 3 aliphatic heterocycles. The molecule has 6 heteroatoms. The number of nitrogens with zero attached hydrogens (tertiary/aromatic N) is 1. The topological polar surface area (TPSA) is 67.9 Å². The van der Waals surface area contributed by atoms with Gasteiger partial charge in [-0.05, 0) is 79.7 Å². The summed E-state index contributed by atoms with van der Waals surface area (Å²) in [5.74, 6) is 1.20. The number of carbonyl (C=O) groups excluding carboxylic acids is 2. The van der Waals surface area contributed by atoms with Crippen LogP contribution < -0.4 is 10.1 Å². The molecule has 3 fully saturated rings. The van der Waals surface area contributed by atoms with Crippen LogP contribution in [0.3, 0.4) is 0 Å². The van der Waals surface area contributed by atoms with E-state index in [0.29, 0.717) is 18.1 Å². The zero-order chi connectivity index (χ0) is 25.5. The number of rotatable bonds is 9. The van der Waals surface area contributed by atoms with Crippen molar-refractivity contribution in [2.45, 2.75) is 25.4 Å². The van der Waals surface area contributed by atoms with Crippen molar-refractivity contribution in [2.24, 2.45) is 5.92 Å². The van der Waals surface area contributed by atoms with Gasteiger partial charge in [-0.3, -0.25) is 15.0 Å². The van der Waals surface area contributed by atoms with Gasteiger partial charge in [-0.2, -0.15) is 0 Å². The number of carbonyl (C=O) groups is 2. The van der Waals surface area contributed by atoms with Gasteiger partial charge in [0.15, 0.2) is 0 Å². The number of amides is 1. The van der Waals surface area contributed by atoms with E-state index in [4.69, 9.17) is 9.47 Å². The lowest BCUT2D eigenvalue weighted by molar-refractivity contribution is -0.0289. The molecule has 1 atom stereocenters. The van der Waals surface area contributed by atoms with Crippen molar-refractivity contribution in [2.75, 3.05) is 31.6 Å². The van der Waals surface area contributed by atoms with E-state index in [1.165, 1.54) is 0 Å². The molecular formula is C31H32N2O4. The molecule has 0 unspecified atom stereocenters. The highest BCUT2D eigenvalue weighted by atomic mass is 16.6. The zero-order valence-corrected chi connectivity index (χ0v) is 20.8. The lowest BCUT2D eigenvalue weighted by Gasteiger charge is -2.43. The van der Waals surface area contributed by atoms with Crippen LogP contribution in [0.4, 0.5) is 10.5 Å². The second kappa shape index (κ2) is 11.9. The maximum absolute atomic E-state index is 12.9. The highest BCUT2D eigenvalue weighted by Gasteiger charge is 2.36. The SMILES string of the molecule is O=Cc1ccc(OCC/C=C/c2ccc(-c3ccccc3)c(NC(=O)O[C@H]3CN4CCC3CC4)c2)cc1. The summed E-state index contributed by atoms with van der Waals surface area (Å²) in [6.07, 6.45) is 7.37. The van der Waals surface area contributed by atoms with Crippen LogP contribution >= 0.6 is 0 Å². The lowest BCUT2D eigenvalue weighted by atomic mass is 9.86. The van der Waals surface area contributed by atoms with Crippen molar-refractivity contribution >= 4 is 24.1 Å². The Bertz CT molecular complexity index is 1230. The molecule has 190 valence electrons. The van der Waals surface area contributed by atoms with Crippen LogP contribution in [0.2, 0.25) is 0 Å². The van der Waals surface area contributed by atoms with Crippen LogP contribution in [0.25, 0.3) is 17.2 Å². The molecule has 3 aromatic carbocycles. The van der Waals surface area contributed by atoms with Gasteiger partial charge in [0, 0.05) is 17.7 Å². The predicted octanol–water partition coefficient (Wildman–Crippen LogP) is 6.29. The largest absolute Gasteiger partial charge is 0.493 e. The van der Waals surface area contributed by atoms with Gasteiger partial charge in [0.2, 0.25) is 0 Å². The lowest BCUT2D eigenvalue weighted by Crippen LogP contribution is -2.52. The molecule has 1 amide bonds. The fourth-order valence-corrected chi connectivity index (χ4v) is 5.07. The average molecular weight is 497 g/mol. The number of ether oxygens (including phenoxy) is 2.